The maximum Gasteiger partial charge on any atom is 0.297 e. The number of para-hydroxylation sites is 1. The van der Waals surface area contributed by atoms with Gasteiger partial charge in [-0.15, -0.1) is 0 Å². The second-order valence-corrected chi connectivity index (χ2v) is 9.57. The lowest BCUT2D eigenvalue weighted by molar-refractivity contribution is 0.235. The highest BCUT2D eigenvalue weighted by Crippen LogP contribution is 2.49. The third kappa shape index (κ3) is 3.92. The van der Waals surface area contributed by atoms with Gasteiger partial charge in [-0.1, -0.05) is 41.4 Å². The van der Waals surface area contributed by atoms with Gasteiger partial charge in [-0.2, -0.15) is 8.42 Å². The van der Waals surface area contributed by atoms with Crippen LogP contribution in [0.5, 0.6) is 17.2 Å². The minimum Gasteiger partial charge on any atom is -0.493 e. The van der Waals surface area contributed by atoms with Crippen molar-refractivity contribution in [3.8, 4) is 28.4 Å². The molecule has 0 fully saturated rings. The fraction of sp³-hybridized carbons (Fsp3) is 0.250. The maximum atomic E-state index is 12.5. The Labute approximate surface area is 192 Å². The molecular formula is C24H23ClO6S. The van der Waals surface area contributed by atoms with Crippen molar-refractivity contribution in [2.24, 2.45) is 0 Å². The molecule has 1 aliphatic heterocycles. The molecule has 0 aromatic heterocycles. The van der Waals surface area contributed by atoms with Crippen LogP contribution in [0, 0.1) is 6.92 Å². The number of hydrogen-bond acceptors (Lipinski definition) is 6. The lowest BCUT2D eigenvalue weighted by Gasteiger charge is -2.18. The van der Waals surface area contributed by atoms with E-state index in [0.717, 1.165) is 29.4 Å². The van der Waals surface area contributed by atoms with Crippen molar-refractivity contribution in [2.45, 2.75) is 24.3 Å². The van der Waals surface area contributed by atoms with Crippen molar-refractivity contribution >= 4 is 21.7 Å². The van der Waals surface area contributed by atoms with Crippen molar-refractivity contribution in [3.63, 3.8) is 0 Å². The summed E-state index contributed by atoms with van der Waals surface area (Å²) in [5.74, 6) is 1.78. The van der Waals surface area contributed by atoms with Gasteiger partial charge >= 0.3 is 0 Å². The van der Waals surface area contributed by atoms with Crippen LogP contribution in [0.15, 0.2) is 53.4 Å². The highest BCUT2D eigenvalue weighted by atomic mass is 35.5. The molecule has 32 heavy (non-hydrogen) atoms. The number of fused-ring (bicyclic) bond motifs is 1. The molecule has 0 saturated heterocycles. The number of ether oxygens (including phenoxy) is 3. The zero-order valence-electron chi connectivity index (χ0n) is 18.1. The predicted molar refractivity (Wildman–Crippen MR) is 122 cm³/mol. The summed E-state index contributed by atoms with van der Waals surface area (Å²) >= 11 is 6.45. The highest BCUT2D eigenvalue weighted by Gasteiger charge is 2.33. The average molecular weight is 475 g/mol. The third-order valence-corrected chi connectivity index (χ3v) is 7.06. The highest BCUT2D eigenvalue weighted by molar-refractivity contribution is 7.86. The minimum atomic E-state index is -3.90. The predicted octanol–water partition coefficient (Wildman–Crippen LogP) is 5.34. The topological polar surface area (TPSA) is 71.1 Å². The quantitative estimate of drug-likeness (QED) is 0.449. The van der Waals surface area contributed by atoms with Crippen LogP contribution >= 0.6 is 11.6 Å². The Balaban J connectivity index is 1.85. The van der Waals surface area contributed by atoms with E-state index in [1.165, 1.54) is 0 Å². The SMILES string of the molecule is COc1cccc(-c2cc(Cl)cc3c2OC(c2cc(C)ccc2S(=O)(=O)OC)C3)c1OC. The number of hydrogen-bond donors (Lipinski definition) is 0. The van der Waals surface area contributed by atoms with E-state index in [1.807, 2.05) is 43.3 Å². The molecule has 3 aromatic rings. The summed E-state index contributed by atoms with van der Waals surface area (Å²) in [5.41, 5.74) is 3.85. The molecule has 1 heterocycles. The molecule has 1 unspecified atom stereocenters. The van der Waals surface area contributed by atoms with Gasteiger partial charge in [0.1, 0.15) is 16.7 Å². The number of benzene rings is 3. The second-order valence-electron chi connectivity index (χ2n) is 7.46. The average Bonchev–Trinajstić information content (AvgIpc) is 3.21. The van der Waals surface area contributed by atoms with Crippen LogP contribution < -0.4 is 14.2 Å². The van der Waals surface area contributed by atoms with Gasteiger partial charge in [-0.05, 0) is 31.2 Å². The molecule has 0 radical (unpaired) electrons. The van der Waals surface area contributed by atoms with E-state index in [1.54, 1.807) is 26.4 Å². The van der Waals surface area contributed by atoms with Crippen LogP contribution in [0.4, 0.5) is 0 Å². The second kappa shape index (κ2) is 8.65. The van der Waals surface area contributed by atoms with Crippen LogP contribution in [-0.4, -0.2) is 29.7 Å². The van der Waals surface area contributed by atoms with Gasteiger partial charge in [0, 0.05) is 33.7 Å². The van der Waals surface area contributed by atoms with Crippen LogP contribution in [0.2, 0.25) is 5.02 Å². The van der Waals surface area contributed by atoms with Gasteiger partial charge in [0.15, 0.2) is 11.5 Å². The molecule has 0 spiro atoms. The molecule has 0 saturated carbocycles. The van der Waals surface area contributed by atoms with Crippen LogP contribution in [0.3, 0.4) is 0 Å². The Kier molecular flexibility index (Phi) is 6.07. The Morgan fingerprint density at radius 1 is 1.00 bits per heavy atom. The zero-order valence-corrected chi connectivity index (χ0v) is 19.7. The van der Waals surface area contributed by atoms with E-state index >= 15 is 0 Å². The van der Waals surface area contributed by atoms with Gasteiger partial charge in [0.2, 0.25) is 0 Å². The van der Waals surface area contributed by atoms with E-state index in [2.05, 4.69) is 0 Å². The minimum absolute atomic E-state index is 0.0926. The lowest BCUT2D eigenvalue weighted by atomic mass is 9.98. The van der Waals surface area contributed by atoms with E-state index < -0.39 is 16.2 Å². The molecular weight excluding hydrogens is 452 g/mol. The van der Waals surface area contributed by atoms with Gasteiger partial charge in [-0.3, -0.25) is 4.18 Å². The molecule has 1 aliphatic rings. The molecule has 4 rings (SSSR count). The van der Waals surface area contributed by atoms with Crippen LogP contribution in [-0.2, 0) is 20.7 Å². The first kappa shape index (κ1) is 22.5. The van der Waals surface area contributed by atoms with Gasteiger partial charge in [0.05, 0.1) is 21.3 Å². The van der Waals surface area contributed by atoms with Crippen LogP contribution in [0.1, 0.15) is 22.8 Å². The summed E-state index contributed by atoms with van der Waals surface area (Å²) in [6.45, 7) is 1.90. The molecule has 1 atom stereocenters. The first-order valence-corrected chi connectivity index (χ1v) is 11.7. The fourth-order valence-corrected chi connectivity index (χ4v) is 5.17. The molecule has 6 nitrogen and oxygen atoms in total. The summed E-state index contributed by atoms with van der Waals surface area (Å²) in [6.07, 6.45) is -0.0520. The Morgan fingerprint density at radius 2 is 1.78 bits per heavy atom. The maximum absolute atomic E-state index is 12.5. The normalized spacial score (nSPS) is 15.2. The molecule has 0 bridgehead atoms. The number of aryl methyl sites for hydroxylation is 1. The molecule has 8 heteroatoms. The largest absolute Gasteiger partial charge is 0.493 e. The fourth-order valence-electron chi connectivity index (χ4n) is 4.03. The smallest absolute Gasteiger partial charge is 0.297 e. The summed E-state index contributed by atoms with van der Waals surface area (Å²) < 4.78 is 47.2. The molecule has 0 N–H and O–H groups in total. The molecule has 168 valence electrons. The Bertz CT molecular complexity index is 1290. The first-order chi connectivity index (χ1) is 15.3. The first-order valence-electron chi connectivity index (χ1n) is 9.90. The van der Waals surface area contributed by atoms with Gasteiger partial charge < -0.3 is 14.2 Å². The Morgan fingerprint density at radius 3 is 2.47 bits per heavy atom. The van der Waals surface area contributed by atoms with E-state index in [0.29, 0.717) is 34.3 Å². The number of rotatable bonds is 6. The van der Waals surface area contributed by atoms with Crippen molar-refractivity contribution in [2.75, 3.05) is 21.3 Å². The van der Waals surface area contributed by atoms with Gasteiger partial charge in [0.25, 0.3) is 10.1 Å². The lowest BCUT2D eigenvalue weighted by Crippen LogP contribution is -2.12. The van der Waals surface area contributed by atoms with Gasteiger partial charge in [-0.25, -0.2) is 0 Å². The number of methoxy groups -OCH3 is 2. The van der Waals surface area contributed by atoms with Crippen molar-refractivity contribution in [3.05, 3.63) is 70.2 Å². The monoisotopic (exact) mass is 474 g/mol. The van der Waals surface area contributed by atoms with Crippen molar-refractivity contribution in [1.29, 1.82) is 0 Å². The zero-order chi connectivity index (χ0) is 23.0. The Hall–Kier alpha value is -2.74. The molecule has 0 aliphatic carbocycles. The standard InChI is InChI=1S/C24H23ClO6S/c1-14-8-9-22(32(26,27)30-4)19(10-14)21-12-15-11-16(25)13-18(23(15)31-21)17-6-5-7-20(28-2)24(17)29-3/h5-11,13,21H,12H2,1-4H3. The summed E-state index contributed by atoms with van der Waals surface area (Å²) in [4.78, 5) is 0.0926. The van der Waals surface area contributed by atoms with E-state index in [-0.39, 0.29) is 4.90 Å². The summed E-state index contributed by atoms with van der Waals surface area (Å²) in [5, 5.41) is 0.543. The molecule has 3 aromatic carbocycles. The third-order valence-electron chi connectivity index (χ3n) is 5.49. The number of halogens is 1. The summed E-state index contributed by atoms with van der Waals surface area (Å²) in [6, 6.07) is 14.3. The molecule has 0 amide bonds. The van der Waals surface area contributed by atoms with Crippen molar-refractivity contribution < 1.29 is 26.8 Å². The van der Waals surface area contributed by atoms with E-state index in [4.69, 9.17) is 30.0 Å². The summed E-state index contributed by atoms with van der Waals surface area (Å²) in [7, 11) is 0.395. The van der Waals surface area contributed by atoms with E-state index in [9.17, 15) is 8.42 Å². The van der Waals surface area contributed by atoms with Crippen LogP contribution in [0.25, 0.3) is 11.1 Å². The van der Waals surface area contributed by atoms with Crippen molar-refractivity contribution in [1.82, 2.24) is 0 Å².